The van der Waals surface area contributed by atoms with Gasteiger partial charge < -0.3 is 4.57 Å². The summed E-state index contributed by atoms with van der Waals surface area (Å²) in [5.41, 5.74) is 0.993. The normalized spacial score (nSPS) is 10.1. The summed E-state index contributed by atoms with van der Waals surface area (Å²) in [5.74, 6) is 0.694. The first-order chi connectivity index (χ1) is 4.24. The van der Waals surface area contributed by atoms with Crippen LogP contribution >= 0.6 is 28.6 Å². The Morgan fingerprint density at radius 3 is 2.78 bits per heavy atom. The van der Waals surface area contributed by atoms with Gasteiger partial charge in [0.05, 0.1) is 5.69 Å². The monoisotopic (exact) mass is 206 g/mol. The number of halogens is 1. The van der Waals surface area contributed by atoms with E-state index in [1.54, 1.807) is 0 Å². The number of rotatable bonds is 1. The van der Waals surface area contributed by atoms with Gasteiger partial charge in [0.2, 0.25) is 0 Å². The first-order valence-electron chi connectivity index (χ1n) is 2.52. The molecule has 50 valence electrons. The van der Waals surface area contributed by atoms with Gasteiger partial charge in [0.15, 0.2) is 4.73 Å². The zero-order valence-electron chi connectivity index (χ0n) is 5.00. The second-order valence-electron chi connectivity index (χ2n) is 1.77. The zero-order valence-corrected chi connectivity index (χ0v) is 7.48. The lowest BCUT2D eigenvalue weighted by atomic mass is 10.6. The van der Waals surface area contributed by atoms with Gasteiger partial charge in [0.25, 0.3) is 0 Å². The highest BCUT2D eigenvalue weighted by atomic mass is 79.9. The second kappa shape index (κ2) is 2.75. The van der Waals surface area contributed by atoms with Crippen molar-refractivity contribution >= 4 is 28.6 Å². The van der Waals surface area contributed by atoms with E-state index >= 15 is 0 Å². The lowest BCUT2D eigenvalue weighted by Crippen LogP contribution is -1.82. The largest absolute Gasteiger partial charge is 0.328 e. The number of aryl methyl sites for hydroxylation is 1. The molecule has 9 heavy (non-hydrogen) atoms. The summed E-state index contributed by atoms with van der Waals surface area (Å²) in [6.07, 6.45) is 1.94. The van der Waals surface area contributed by atoms with Gasteiger partial charge in [-0.15, -0.1) is 0 Å². The number of hydrogen-bond acceptors (Lipinski definition) is 2. The predicted molar refractivity (Wildman–Crippen MR) is 43.6 cm³/mol. The Hall–Kier alpha value is 0.0400. The van der Waals surface area contributed by atoms with Gasteiger partial charge in [0, 0.05) is 19.0 Å². The average molecular weight is 207 g/mol. The summed E-state index contributed by atoms with van der Waals surface area (Å²) < 4.78 is 2.76. The Labute approximate surface area is 67.8 Å². The van der Waals surface area contributed by atoms with E-state index < -0.39 is 0 Å². The van der Waals surface area contributed by atoms with Crippen molar-refractivity contribution in [2.75, 3.05) is 0 Å². The number of thiol groups is 1. The van der Waals surface area contributed by atoms with Crippen LogP contribution in [-0.4, -0.2) is 9.55 Å². The quantitative estimate of drug-likeness (QED) is 0.692. The SMILES string of the molecule is Cn1cc(CS)nc1Br. The second-order valence-corrected chi connectivity index (χ2v) is 2.80. The molecule has 0 amide bonds. The van der Waals surface area contributed by atoms with E-state index in [2.05, 4.69) is 33.5 Å². The van der Waals surface area contributed by atoms with Crippen molar-refractivity contribution in [1.29, 1.82) is 0 Å². The Balaban J connectivity index is 2.98. The molecule has 0 aliphatic carbocycles. The van der Waals surface area contributed by atoms with E-state index in [4.69, 9.17) is 0 Å². The Morgan fingerprint density at radius 1 is 1.89 bits per heavy atom. The molecule has 0 aliphatic rings. The lowest BCUT2D eigenvalue weighted by Gasteiger charge is -1.85. The molecule has 0 atom stereocenters. The molecular formula is C5H7BrN2S. The third-order valence-electron chi connectivity index (χ3n) is 1.03. The molecule has 2 nitrogen and oxygen atoms in total. The Bertz CT molecular complexity index is 189. The number of nitrogens with zero attached hydrogens (tertiary/aromatic N) is 2. The highest BCUT2D eigenvalue weighted by Gasteiger charge is 1.97. The average Bonchev–Trinajstić information content (AvgIpc) is 2.13. The van der Waals surface area contributed by atoms with Crippen LogP contribution < -0.4 is 0 Å². The molecule has 0 spiro atoms. The number of imidazole rings is 1. The van der Waals surface area contributed by atoms with Gasteiger partial charge in [-0.1, -0.05) is 0 Å². The lowest BCUT2D eigenvalue weighted by molar-refractivity contribution is 0.881. The van der Waals surface area contributed by atoms with E-state index in [0.717, 1.165) is 10.4 Å². The molecule has 0 radical (unpaired) electrons. The smallest absolute Gasteiger partial charge is 0.177 e. The fourth-order valence-corrected chi connectivity index (χ4v) is 1.06. The first kappa shape index (κ1) is 7.15. The topological polar surface area (TPSA) is 17.8 Å². The van der Waals surface area contributed by atoms with Crippen LogP contribution in [-0.2, 0) is 12.8 Å². The van der Waals surface area contributed by atoms with Crippen molar-refractivity contribution in [2.24, 2.45) is 7.05 Å². The fraction of sp³-hybridized carbons (Fsp3) is 0.400. The van der Waals surface area contributed by atoms with Gasteiger partial charge >= 0.3 is 0 Å². The molecule has 0 saturated carbocycles. The Morgan fingerprint density at radius 2 is 2.56 bits per heavy atom. The fourth-order valence-electron chi connectivity index (χ4n) is 0.579. The highest BCUT2D eigenvalue weighted by Crippen LogP contribution is 2.08. The van der Waals surface area contributed by atoms with E-state index in [0.29, 0.717) is 5.75 Å². The third-order valence-corrected chi connectivity index (χ3v) is 2.09. The molecule has 0 saturated heterocycles. The van der Waals surface area contributed by atoms with Gasteiger partial charge in [-0.2, -0.15) is 12.6 Å². The summed E-state index contributed by atoms with van der Waals surface area (Å²) in [6.45, 7) is 0. The van der Waals surface area contributed by atoms with Crippen LogP contribution in [0, 0.1) is 0 Å². The summed E-state index contributed by atoms with van der Waals surface area (Å²) in [7, 11) is 1.93. The van der Waals surface area contributed by atoms with Crippen molar-refractivity contribution in [3.8, 4) is 0 Å². The minimum Gasteiger partial charge on any atom is -0.328 e. The van der Waals surface area contributed by atoms with Crippen LogP contribution in [0.15, 0.2) is 10.9 Å². The standard InChI is InChI=1S/C5H7BrN2S/c1-8-2-4(3-9)7-5(8)6/h2,9H,3H2,1H3. The van der Waals surface area contributed by atoms with Gasteiger partial charge in [-0.05, 0) is 15.9 Å². The highest BCUT2D eigenvalue weighted by molar-refractivity contribution is 9.10. The van der Waals surface area contributed by atoms with Crippen LogP contribution in [0.5, 0.6) is 0 Å². The van der Waals surface area contributed by atoms with E-state index in [1.807, 2.05) is 17.8 Å². The molecule has 0 unspecified atom stereocenters. The van der Waals surface area contributed by atoms with Crippen LogP contribution in [0.25, 0.3) is 0 Å². The molecule has 0 fully saturated rings. The van der Waals surface area contributed by atoms with Crippen LogP contribution in [0.1, 0.15) is 5.69 Å². The minimum atomic E-state index is 0.694. The molecule has 4 heteroatoms. The van der Waals surface area contributed by atoms with E-state index in [-0.39, 0.29) is 0 Å². The Kier molecular flexibility index (Phi) is 2.18. The number of hydrogen-bond donors (Lipinski definition) is 1. The molecule has 0 bridgehead atoms. The summed E-state index contributed by atoms with van der Waals surface area (Å²) in [6, 6.07) is 0. The molecular weight excluding hydrogens is 200 g/mol. The molecule has 0 aromatic carbocycles. The van der Waals surface area contributed by atoms with E-state index in [1.165, 1.54) is 0 Å². The molecule has 0 N–H and O–H groups in total. The van der Waals surface area contributed by atoms with Gasteiger partial charge in [-0.25, -0.2) is 4.98 Å². The molecule has 1 rings (SSSR count). The minimum absolute atomic E-state index is 0.694. The number of aromatic nitrogens is 2. The van der Waals surface area contributed by atoms with Crippen LogP contribution in [0.2, 0.25) is 0 Å². The van der Waals surface area contributed by atoms with Crippen molar-refractivity contribution in [3.63, 3.8) is 0 Å². The summed E-state index contributed by atoms with van der Waals surface area (Å²) in [5, 5.41) is 0. The van der Waals surface area contributed by atoms with E-state index in [9.17, 15) is 0 Å². The van der Waals surface area contributed by atoms with Gasteiger partial charge in [0.1, 0.15) is 0 Å². The van der Waals surface area contributed by atoms with Crippen molar-refractivity contribution in [3.05, 3.63) is 16.6 Å². The third kappa shape index (κ3) is 1.49. The van der Waals surface area contributed by atoms with Crippen LogP contribution in [0.3, 0.4) is 0 Å². The van der Waals surface area contributed by atoms with Crippen molar-refractivity contribution in [2.45, 2.75) is 5.75 Å². The van der Waals surface area contributed by atoms with Crippen LogP contribution in [0.4, 0.5) is 0 Å². The van der Waals surface area contributed by atoms with Crippen molar-refractivity contribution in [1.82, 2.24) is 9.55 Å². The molecule has 0 aliphatic heterocycles. The summed E-state index contributed by atoms with van der Waals surface area (Å²) >= 11 is 7.35. The summed E-state index contributed by atoms with van der Waals surface area (Å²) in [4.78, 5) is 4.13. The van der Waals surface area contributed by atoms with Gasteiger partial charge in [-0.3, -0.25) is 0 Å². The molecule has 1 heterocycles. The first-order valence-corrected chi connectivity index (χ1v) is 3.95. The van der Waals surface area contributed by atoms with Crippen molar-refractivity contribution < 1.29 is 0 Å². The predicted octanol–water partition coefficient (Wildman–Crippen LogP) is 1.61. The zero-order chi connectivity index (χ0) is 6.85. The molecule has 1 aromatic rings. The maximum absolute atomic E-state index is 4.13. The molecule has 1 aromatic heterocycles. The maximum atomic E-state index is 4.13. The maximum Gasteiger partial charge on any atom is 0.177 e.